The largest absolute Gasteiger partial charge is 0.458 e. The van der Waals surface area contributed by atoms with Gasteiger partial charge in [-0.1, -0.05) is 42.3 Å². The van der Waals surface area contributed by atoms with Gasteiger partial charge in [0.25, 0.3) is 5.91 Å². The lowest BCUT2D eigenvalue weighted by atomic mass is 9.97. The van der Waals surface area contributed by atoms with Gasteiger partial charge in [0.05, 0.1) is 17.0 Å². The number of nitrogens with two attached hydrogens (primary N) is 1. The summed E-state index contributed by atoms with van der Waals surface area (Å²) < 4.78 is 7.62. The standard InChI is InChI=1S/C26H19N5O3/c1-3-16-11-7-12-18-19(16)22(32)20(17-9-5-4-6-10-17)23(34-18)15(2)29-26(33)21-24(27)30-31-14-8-13-28-25(21)31/h1,4-15H,2H3,(H2,27,30)(H,29,33)/t15-/m0/s1. The zero-order valence-corrected chi connectivity index (χ0v) is 18.1. The second-order valence-electron chi connectivity index (χ2n) is 7.70. The number of nitrogen functional groups attached to an aromatic ring is 1. The van der Waals surface area contributed by atoms with Crippen molar-refractivity contribution in [3.05, 3.63) is 94.1 Å². The molecule has 0 aliphatic heterocycles. The molecule has 0 radical (unpaired) electrons. The molecule has 0 bridgehead atoms. The van der Waals surface area contributed by atoms with E-state index in [2.05, 4.69) is 21.3 Å². The molecule has 3 heterocycles. The van der Waals surface area contributed by atoms with Gasteiger partial charge < -0.3 is 15.5 Å². The van der Waals surface area contributed by atoms with E-state index in [1.54, 1.807) is 43.6 Å². The van der Waals surface area contributed by atoms with Gasteiger partial charge in [0.2, 0.25) is 5.43 Å². The number of amides is 1. The van der Waals surface area contributed by atoms with Crippen molar-refractivity contribution in [1.82, 2.24) is 19.9 Å². The topological polar surface area (TPSA) is 116 Å². The molecule has 5 rings (SSSR count). The number of fused-ring (bicyclic) bond motifs is 2. The average Bonchev–Trinajstić information content (AvgIpc) is 3.19. The molecule has 3 N–H and O–H groups in total. The van der Waals surface area contributed by atoms with E-state index in [1.165, 1.54) is 4.52 Å². The van der Waals surface area contributed by atoms with Crippen molar-refractivity contribution < 1.29 is 9.21 Å². The molecule has 34 heavy (non-hydrogen) atoms. The van der Waals surface area contributed by atoms with Crippen LogP contribution in [0.2, 0.25) is 0 Å². The van der Waals surface area contributed by atoms with Crippen LogP contribution in [0.4, 0.5) is 5.82 Å². The lowest BCUT2D eigenvalue weighted by Crippen LogP contribution is -2.28. The van der Waals surface area contributed by atoms with E-state index in [-0.39, 0.29) is 16.8 Å². The zero-order chi connectivity index (χ0) is 23.8. The highest BCUT2D eigenvalue weighted by Crippen LogP contribution is 2.30. The number of hydrogen-bond donors (Lipinski definition) is 2. The van der Waals surface area contributed by atoms with Gasteiger partial charge in [-0.2, -0.15) is 0 Å². The lowest BCUT2D eigenvalue weighted by molar-refractivity contribution is 0.0938. The van der Waals surface area contributed by atoms with E-state index in [9.17, 15) is 9.59 Å². The number of rotatable bonds is 4. The van der Waals surface area contributed by atoms with Gasteiger partial charge in [0.15, 0.2) is 11.5 Å². The predicted octanol–water partition coefficient (Wildman–Crippen LogP) is 3.56. The SMILES string of the molecule is C#Cc1cccc2oc([C@H](C)NC(=O)c3c(N)nn4cccnc34)c(-c3ccccc3)c(=O)c12. The van der Waals surface area contributed by atoms with Gasteiger partial charge in [-0.05, 0) is 30.7 Å². The molecule has 0 fully saturated rings. The van der Waals surface area contributed by atoms with Gasteiger partial charge in [-0.3, -0.25) is 9.59 Å². The van der Waals surface area contributed by atoms with Crippen LogP contribution in [0.3, 0.4) is 0 Å². The summed E-state index contributed by atoms with van der Waals surface area (Å²) in [5.41, 5.74) is 7.96. The Morgan fingerprint density at radius 1 is 1.18 bits per heavy atom. The normalized spacial score (nSPS) is 11.9. The predicted molar refractivity (Wildman–Crippen MR) is 129 cm³/mol. The van der Waals surface area contributed by atoms with Gasteiger partial charge in [-0.25, -0.2) is 9.50 Å². The van der Waals surface area contributed by atoms with Crippen molar-refractivity contribution in [2.24, 2.45) is 0 Å². The van der Waals surface area contributed by atoms with E-state index >= 15 is 0 Å². The molecule has 1 atom stereocenters. The fraction of sp³-hybridized carbons (Fsp3) is 0.0769. The first-order chi connectivity index (χ1) is 16.5. The molecular weight excluding hydrogens is 430 g/mol. The number of hydrogen-bond acceptors (Lipinski definition) is 6. The molecule has 3 aromatic heterocycles. The Bertz CT molecular complexity index is 1660. The van der Waals surface area contributed by atoms with Crippen molar-refractivity contribution in [1.29, 1.82) is 0 Å². The molecule has 1 amide bonds. The van der Waals surface area contributed by atoms with E-state index < -0.39 is 11.9 Å². The minimum Gasteiger partial charge on any atom is -0.458 e. The summed E-state index contributed by atoms with van der Waals surface area (Å²) in [7, 11) is 0. The second-order valence-corrected chi connectivity index (χ2v) is 7.70. The summed E-state index contributed by atoms with van der Waals surface area (Å²) >= 11 is 0. The molecule has 5 aromatic rings. The van der Waals surface area contributed by atoms with Crippen molar-refractivity contribution in [2.75, 3.05) is 5.73 Å². The van der Waals surface area contributed by atoms with Crippen LogP contribution in [0.15, 0.2) is 76.2 Å². The van der Waals surface area contributed by atoms with Crippen LogP contribution >= 0.6 is 0 Å². The molecule has 0 saturated carbocycles. The highest BCUT2D eigenvalue weighted by atomic mass is 16.3. The Hall–Kier alpha value is -4.90. The lowest BCUT2D eigenvalue weighted by Gasteiger charge is -2.18. The highest BCUT2D eigenvalue weighted by molar-refractivity contribution is 6.04. The Kier molecular flexibility index (Phi) is 5.07. The van der Waals surface area contributed by atoms with E-state index in [1.807, 2.05) is 30.3 Å². The Labute approximate surface area is 194 Å². The van der Waals surface area contributed by atoms with Gasteiger partial charge >= 0.3 is 0 Å². The molecule has 0 aliphatic carbocycles. The summed E-state index contributed by atoms with van der Waals surface area (Å²) in [5.74, 6) is 2.41. The molecule has 8 heteroatoms. The van der Waals surface area contributed by atoms with Crippen molar-refractivity contribution >= 4 is 28.3 Å². The molecule has 2 aromatic carbocycles. The van der Waals surface area contributed by atoms with Crippen LogP contribution in [-0.4, -0.2) is 20.5 Å². The first-order valence-corrected chi connectivity index (χ1v) is 10.5. The van der Waals surface area contributed by atoms with Crippen LogP contribution in [0.1, 0.15) is 34.6 Å². The third kappa shape index (κ3) is 3.36. The zero-order valence-electron chi connectivity index (χ0n) is 18.1. The Morgan fingerprint density at radius 3 is 2.74 bits per heavy atom. The van der Waals surface area contributed by atoms with E-state index in [0.717, 1.165) is 0 Å². The molecule has 0 saturated heterocycles. The molecular formula is C26H19N5O3. The monoisotopic (exact) mass is 449 g/mol. The maximum absolute atomic E-state index is 13.7. The Morgan fingerprint density at radius 2 is 1.97 bits per heavy atom. The maximum Gasteiger partial charge on any atom is 0.259 e. The number of benzene rings is 2. The van der Waals surface area contributed by atoms with Crippen LogP contribution in [0.5, 0.6) is 0 Å². The smallest absolute Gasteiger partial charge is 0.259 e. The number of terminal acetylenes is 1. The number of nitrogens with one attached hydrogen (secondary N) is 1. The third-order valence-corrected chi connectivity index (χ3v) is 5.55. The maximum atomic E-state index is 13.7. The van der Waals surface area contributed by atoms with Crippen LogP contribution in [0.25, 0.3) is 27.7 Å². The third-order valence-electron chi connectivity index (χ3n) is 5.55. The van der Waals surface area contributed by atoms with Crippen LogP contribution < -0.4 is 16.5 Å². The minimum atomic E-state index is -0.688. The van der Waals surface area contributed by atoms with Crippen molar-refractivity contribution in [2.45, 2.75) is 13.0 Å². The number of carbonyl (C=O) groups excluding carboxylic acids is 1. The molecule has 166 valence electrons. The molecule has 0 spiro atoms. The second kappa shape index (κ2) is 8.22. The van der Waals surface area contributed by atoms with Crippen molar-refractivity contribution in [3.63, 3.8) is 0 Å². The number of carbonyl (C=O) groups is 1. The fourth-order valence-corrected chi connectivity index (χ4v) is 4.02. The minimum absolute atomic E-state index is 0.0466. The highest BCUT2D eigenvalue weighted by Gasteiger charge is 2.26. The molecule has 0 aliphatic rings. The van der Waals surface area contributed by atoms with Crippen LogP contribution in [-0.2, 0) is 0 Å². The first-order valence-electron chi connectivity index (χ1n) is 10.5. The summed E-state index contributed by atoms with van der Waals surface area (Å²) in [6.45, 7) is 1.73. The van der Waals surface area contributed by atoms with Crippen LogP contribution in [0, 0.1) is 12.3 Å². The summed E-state index contributed by atoms with van der Waals surface area (Å²) in [6.07, 6.45) is 8.84. The Balaban J connectivity index is 1.65. The van der Waals surface area contributed by atoms with Gasteiger partial charge in [0, 0.05) is 18.0 Å². The first kappa shape index (κ1) is 21.0. The van der Waals surface area contributed by atoms with Gasteiger partial charge in [0.1, 0.15) is 16.9 Å². The van der Waals surface area contributed by atoms with E-state index in [4.69, 9.17) is 16.6 Å². The fourth-order valence-electron chi connectivity index (χ4n) is 4.02. The average molecular weight is 449 g/mol. The number of nitrogens with zero attached hydrogens (tertiary/aromatic N) is 3. The summed E-state index contributed by atoms with van der Waals surface area (Å²) in [4.78, 5) is 31.1. The quantitative estimate of drug-likeness (QED) is 0.406. The van der Waals surface area contributed by atoms with E-state index in [0.29, 0.717) is 39.1 Å². The molecule has 0 unspecified atom stereocenters. The van der Waals surface area contributed by atoms with Crippen molar-refractivity contribution in [3.8, 4) is 23.5 Å². The summed E-state index contributed by atoms with van der Waals surface area (Å²) in [6, 6.07) is 15.2. The summed E-state index contributed by atoms with van der Waals surface area (Å²) in [5, 5.41) is 7.33. The number of anilines is 1. The number of aromatic nitrogens is 3. The van der Waals surface area contributed by atoms with Gasteiger partial charge in [-0.15, -0.1) is 11.5 Å². The molecule has 8 nitrogen and oxygen atoms in total.